The van der Waals surface area contributed by atoms with E-state index in [1.165, 1.54) is 0 Å². The molecule has 2 aromatic rings. The molecular weight excluding hydrogens is 430 g/mol. The third kappa shape index (κ3) is 8.62. The average Bonchev–Trinajstić information content (AvgIpc) is 3.07. The molecule has 0 saturated carbocycles. The summed E-state index contributed by atoms with van der Waals surface area (Å²) in [7, 11) is -0.464. The second-order valence-corrected chi connectivity index (χ2v) is 19.3. The van der Waals surface area contributed by atoms with Crippen molar-refractivity contribution in [3.05, 3.63) is 48.5 Å². The fraction of sp³-hybridized carbons (Fsp3) is 0.615. The molecule has 0 aliphatic carbocycles. The smallest absolute Gasteiger partial charge is 0 e. The predicted octanol–water partition coefficient (Wildman–Crippen LogP) is 8.22. The SMILES string of the molecule is CC(C)(C)P(c1ccc[c-]1P(C(C)(C)C)C(C)(C)C)C(C)(C)C.[Fe].[cH-]1[cH-][cH-][cH-][cH-]1. The zero-order chi connectivity index (χ0) is 22.0. The first-order chi connectivity index (χ1) is 12.5. The molecule has 29 heavy (non-hydrogen) atoms. The molecule has 0 heterocycles. The first-order valence-corrected chi connectivity index (χ1v) is 13.2. The van der Waals surface area contributed by atoms with E-state index in [0.717, 1.165) is 0 Å². The maximum Gasteiger partial charge on any atom is 0 e. The van der Waals surface area contributed by atoms with Gasteiger partial charge >= 0.3 is 0 Å². The summed E-state index contributed by atoms with van der Waals surface area (Å²) in [6.07, 6.45) is 0. The molecule has 0 unspecified atom stereocenters. The maximum atomic E-state index is 2.43. The Kier molecular flexibility index (Phi) is 10.6. The van der Waals surface area contributed by atoms with E-state index in [1.54, 1.807) is 10.6 Å². The summed E-state index contributed by atoms with van der Waals surface area (Å²) >= 11 is 0. The van der Waals surface area contributed by atoms with Crippen LogP contribution in [-0.4, -0.2) is 20.6 Å². The van der Waals surface area contributed by atoms with Gasteiger partial charge in [-0.15, -0.1) is 18.5 Å². The molecule has 0 saturated heterocycles. The first kappa shape index (κ1) is 29.1. The Morgan fingerprint density at radius 3 is 1.24 bits per heavy atom. The minimum Gasteiger partial charge on any atom is -0.748 e. The first-order valence-electron chi connectivity index (χ1n) is 10.5. The van der Waals surface area contributed by atoms with Crippen LogP contribution >= 0.6 is 15.8 Å². The van der Waals surface area contributed by atoms with Crippen LogP contribution in [0.3, 0.4) is 0 Å². The van der Waals surface area contributed by atoms with E-state index in [2.05, 4.69) is 101 Å². The predicted molar refractivity (Wildman–Crippen MR) is 136 cm³/mol. The fourth-order valence-corrected chi connectivity index (χ4v) is 13.2. The van der Waals surface area contributed by atoms with Crippen LogP contribution in [0.15, 0.2) is 48.5 Å². The zero-order valence-electron chi connectivity index (χ0n) is 20.9. The number of hydrogen-bond donors (Lipinski definition) is 0. The van der Waals surface area contributed by atoms with Gasteiger partial charge in [-0.1, -0.05) is 91.0 Å². The molecule has 172 valence electrons. The average molecular weight is 474 g/mol. The Balaban J connectivity index is 0.00000113. The van der Waals surface area contributed by atoms with E-state index >= 15 is 0 Å². The molecule has 2 aromatic carbocycles. The van der Waals surface area contributed by atoms with E-state index in [-0.39, 0.29) is 32.9 Å². The molecule has 0 radical (unpaired) electrons. The van der Waals surface area contributed by atoms with Gasteiger partial charge < -0.3 is 30.3 Å². The molecule has 0 nitrogen and oxygen atoms in total. The molecule has 0 atom stereocenters. The minimum absolute atomic E-state index is 0. The van der Waals surface area contributed by atoms with E-state index in [9.17, 15) is 0 Å². The Morgan fingerprint density at radius 1 is 0.621 bits per heavy atom. The largest absolute Gasteiger partial charge is 0.748 e. The topological polar surface area (TPSA) is 0 Å². The van der Waals surface area contributed by atoms with Crippen LogP contribution in [0.25, 0.3) is 0 Å². The van der Waals surface area contributed by atoms with Crippen LogP contribution < -0.4 is 10.6 Å². The molecule has 0 amide bonds. The van der Waals surface area contributed by atoms with E-state index in [0.29, 0.717) is 20.6 Å². The molecule has 3 heteroatoms. The molecule has 0 bridgehead atoms. The third-order valence-electron chi connectivity index (χ3n) is 4.49. The van der Waals surface area contributed by atoms with E-state index in [1.807, 2.05) is 30.3 Å². The van der Waals surface area contributed by atoms with Crippen molar-refractivity contribution in [1.82, 2.24) is 0 Å². The van der Waals surface area contributed by atoms with Crippen LogP contribution in [-0.2, 0) is 17.1 Å². The molecule has 0 fully saturated rings. The summed E-state index contributed by atoms with van der Waals surface area (Å²) in [6, 6.07) is 17.2. The molecule has 0 aliphatic rings. The molecule has 0 spiro atoms. The van der Waals surface area contributed by atoms with Crippen molar-refractivity contribution >= 4 is 26.5 Å². The van der Waals surface area contributed by atoms with Crippen molar-refractivity contribution in [2.75, 3.05) is 0 Å². The molecular formula is C26H44FeP2-6. The van der Waals surface area contributed by atoms with Crippen molar-refractivity contribution in [2.45, 2.75) is 104 Å². The second-order valence-electron chi connectivity index (χ2n) is 11.6. The van der Waals surface area contributed by atoms with Gasteiger partial charge in [0.15, 0.2) is 0 Å². The zero-order valence-corrected chi connectivity index (χ0v) is 23.8. The Morgan fingerprint density at radius 2 is 0.966 bits per heavy atom. The molecule has 0 aromatic heterocycles. The maximum absolute atomic E-state index is 2.43. The van der Waals surface area contributed by atoms with Gasteiger partial charge in [0.05, 0.1) is 0 Å². The Bertz CT molecular complexity index is 591. The van der Waals surface area contributed by atoms with Gasteiger partial charge in [-0.3, -0.25) is 0 Å². The number of rotatable bonds is 2. The van der Waals surface area contributed by atoms with Gasteiger partial charge in [-0.05, 0) is 20.6 Å². The standard InChI is InChI=1S/C21H39P2.C5H5.Fe/c1-18(2,3)22(19(4,5)6)16-14-13-15-17(16)23(20(7,8)9)21(10,11)12;1-2-4-5-3-1;/h13-15H,1-12H3;1-5H;/q-1;-5;. The van der Waals surface area contributed by atoms with Gasteiger partial charge in [0, 0.05) is 17.1 Å². The summed E-state index contributed by atoms with van der Waals surface area (Å²) in [4.78, 5) is 0. The van der Waals surface area contributed by atoms with E-state index < -0.39 is 0 Å². The summed E-state index contributed by atoms with van der Waals surface area (Å²) in [5.74, 6) is 0. The van der Waals surface area contributed by atoms with Crippen molar-refractivity contribution in [3.63, 3.8) is 0 Å². The van der Waals surface area contributed by atoms with Gasteiger partial charge in [0.1, 0.15) is 0 Å². The van der Waals surface area contributed by atoms with Crippen LogP contribution in [0.4, 0.5) is 0 Å². The van der Waals surface area contributed by atoms with Crippen LogP contribution in [0.5, 0.6) is 0 Å². The Hall–Kier alpha value is 0.0795. The van der Waals surface area contributed by atoms with Crippen LogP contribution in [0, 0.1) is 0 Å². The summed E-state index contributed by atoms with van der Waals surface area (Å²) in [5, 5.41) is 4.63. The van der Waals surface area contributed by atoms with Crippen molar-refractivity contribution < 1.29 is 17.1 Å². The normalized spacial score (nSPS) is 13.2. The van der Waals surface area contributed by atoms with Crippen molar-refractivity contribution in [2.24, 2.45) is 0 Å². The van der Waals surface area contributed by atoms with Gasteiger partial charge in [0.2, 0.25) is 0 Å². The van der Waals surface area contributed by atoms with Gasteiger partial charge in [-0.25, -0.2) is 12.1 Å². The second kappa shape index (κ2) is 10.6. The van der Waals surface area contributed by atoms with Crippen molar-refractivity contribution in [1.29, 1.82) is 0 Å². The molecule has 0 N–H and O–H groups in total. The fourth-order valence-electron chi connectivity index (χ4n) is 4.56. The summed E-state index contributed by atoms with van der Waals surface area (Å²) in [5.41, 5.74) is 0. The van der Waals surface area contributed by atoms with E-state index in [4.69, 9.17) is 0 Å². The third-order valence-corrected chi connectivity index (χ3v) is 11.8. The summed E-state index contributed by atoms with van der Waals surface area (Å²) < 4.78 is 0. The summed E-state index contributed by atoms with van der Waals surface area (Å²) in [6.45, 7) is 29.1. The molecule has 2 rings (SSSR count). The monoisotopic (exact) mass is 474 g/mol. The minimum atomic E-state index is -0.232. The quantitative estimate of drug-likeness (QED) is 0.234. The van der Waals surface area contributed by atoms with Crippen molar-refractivity contribution in [3.8, 4) is 0 Å². The molecule has 0 aliphatic heterocycles. The van der Waals surface area contributed by atoms with Gasteiger partial charge in [0.25, 0.3) is 0 Å². The van der Waals surface area contributed by atoms with Crippen LogP contribution in [0.1, 0.15) is 83.1 Å². The van der Waals surface area contributed by atoms with Crippen LogP contribution in [0.2, 0.25) is 0 Å². The number of hydrogen-bond acceptors (Lipinski definition) is 0. The van der Waals surface area contributed by atoms with Gasteiger partial charge in [-0.2, -0.15) is 6.07 Å². The Labute approximate surface area is 195 Å².